The number of allylic oxidation sites excluding steroid dienone is 1. The first-order chi connectivity index (χ1) is 15.7. The molecule has 1 aliphatic heterocycles. The predicted molar refractivity (Wildman–Crippen MR) is 129 cm³/mol. The van der Waals surface area contributed by atoms with Crippen LogP contribution in [0.2, 0.25) is 5.02 Å². The number of hydrogen-bond donors (Lipinski definition) is 2. The summed E-state index contributed by atoms with van der Waals surface area (Å²) in [6, 6.07) is 15.0. The molecule has 9 heteroatoms. The molecule has 1 unspecified atom stereocenters. The number of carboxylic acids is 1. The van der Waals surface area contributed by atoms with Gasteiger partial charge in [0.15, 0.2) is 0 Å². The van der Waals surface area contributed by atoms with Crippen LogP contribution < -0.4 is 5.32 Å². The molecule has 0 aliphatic carbocycles. The summed E-state index contributed by atoms with van der Waals surface area (Å²) in [7, 11) is 0. The lowest BCUT2D eigenvalue weighted by molar-refractivity contribution is -0.119. The standard InChI is InChI=1S/C24H20ClN3O4S/c1-13-21(14(2)29)22(15-3-7-17(25)8-4-15)19(11-26)23(27-13)33-12-20(30)28-18-9-5-16(6-10-18)24(31)32/h3-10,21-22H,12H2,1-2H3,(H,28,30)(H,31,32)/t21?,22-/m1/s1. The molecule has 0 radical (unpaired) electrons. The molecule has 1 heterocycles. The Hall–Kier alpha value is -3.41. The van der Waals surface area contributed by atoms with E-state index in [4.69, 9.17) is 16.7 Å². The van der Waals surface area contributed by atoms with Crippen molar-refractivity contribution in [2.45, 2.75) is 19.8 Å². The number of carbonyl (C=O) groups excluding carboxylic acids is 2. The van der Waals surface area contributed by atoms with E-state index in [0.29, 0.717) is 27.0 Å². The molecule has 2 N–H and O–H groups in total. The second kappa shape index (κ2) is 10.5. The van der Waals surface area contributed by atoms with Crippen molar-refractivity contribution in [1.82, 2.24) is 0 Å². The van der Waals surface area contributed by atoms with E-state index >= 15 is 0 Å². The van der Waals surface area contributed by atoms with E-state index in [2.05, 4.69) is 16.4 Å². The van der Waals surface area contributed by atoms with Gasteiger partial charge in [-0.2, -0.15) is 5.26 Å². The summed E-state index contributed by atoms with van der Waals surface area (Å²) in [6.07, 6.45) is 0. The van der Waals surface area contributed by atoms with Crippen LogP contribution in [0.5, 0.6) is 0 Å². The third-order valence-corrected chi connectivity index (χ3v) is 6.39. The molecule has 168 valence electrons. The summed E-state index contributed by atoms with van der Waals surface area (Å²) in [5.74, 6) is -2.60. The van der Waals surface area contributed by atoms with Crippen LogP contribution in [0.3, 0.4) is 0 Å². The predicted octanol–water partition coefficient (Wildman–Crippen LogP) is 4.91. The molecule has 1 amide bonds. The summed E-state index contributed by atoms with van der Waals surface area (Å²) < 4.78 is 0. The molecule has 1 aliphatic rings. The van der Waals surface area contributed by atoms with Crippen LogP contribution in [0.1, 0.15) is 35.7 Å². The van der Waals surface area contributed by atoms with E-state index in [-0.39, 0.29) is 23.0 Å². The van der Waals surface area contributed by atoms with Crippen LogP contribution in [0.15, 0.2) is 64.1 Å². The van der Waals surface area contributed by atoms with Crippen molar-refractivity contribution in [1.29, 1.82) is 5.26 Å². The number of benzene rings is 2. The SMILES string of the molecule is CC(=O)C1C(C)=NC(SCC(=O)Nc2ccc(C(=O)O)cc2)=C(C#N)[C@H]1c1ccc(Cl)cc1. The number of carboxylic acid groups (broad SMARTS) is 1. The largest absolute Gasteiger partial charge is 0.478 e. The average molecular weight is 482 g/mol. The first kappa shape index (κ1) is 24.2. The van der Waals surface area contributed by atoms with Crippen molar-refractivity contribution in [2.24, 2.45) is 10.9 Å². The molecular formula is C24H20ClN3O4S. The van der Waals surface area contributed by atoms with Crippen molar-refractivity contribution in [3.63, 3.8) is 0 Å². The first-order valence-electron chi connectivity index (χ1n) is 9.92. The third-order valence-electron chi connectivity index (χ3n) is 5.15. The minimum Gasteiger partial charge on any atom is -0.478 e. The molecule has 3 rings (SSSR count). The Balaban J connectivity index is 1.82. The number of ketones is 1. The summed E-state index contributed by atoms with van der Waals surface area (Å²) in [4.78, 5) is 40.3. The van der Waals surface area contributed by atoms with Crippen LogP contribution in [0, 0.1) is 17.2 Å². The highest BCUT2D eigenvalue weighted by atomic mass is 35.5. The van der Waals surface area contributed by atoms with Gasteiger partial charge in [-0.05, 0) is 55.8 Å². The Bertz CT molecular complexity index is 1200. The molecule has 7 nitrogen and oxygen atoms in total. The molecule has 0 bridgehead atoms. The van der Waals surface area contributed by atoms with Gasteiger partial charge >= 0.3 is 5.97 Å². The zero-order valence-electron chi connectivity index (χ0n) is 17.8. The lowest BCUT2D eigenvalue weighted by Crippen LogP contribution is -2.31. The van der Waals surface area contributed by atoms with Crippen LogP contribution >= 0.6 is 23.4 Å². The van der Waals surface area contributed by atoms with Crippen LogP contribution in [-0.2, 0) is 9.59 Å². The van der Waals surface area contributed by atoms with Gasteiger partial charge in [-0.15, -0.1) is 0 Å². The third kappa shape index (κ3) is 5.69. The van der Waals surface area contributed by atoms with Gasteiger partial charge in [-0.1, -0.05) is 35.5 Å². The Morgan fingerprint density at radius 3 is 2.33 bits per heavy atom. The van der Waals surface area contributed by atoms with Crippen LogP contribution in [-0.4, -0.2) is 34.2 Å². The number of hydrogen-bond acceptors (Lipinski definition) is 6. The monoisotopic (exact) mass is 481 g/mol. The second-order valence-electron chi connectivity index (χ2n) is 7.42. The number of aliphatic imine (C=N–C) groups is 1. The van der Waals surface area contributed by atoms with Gasteiger partial charge in [0.05, 0.1) is 28.9 Å². The highest BCUT2D eigenvalue weighted by Crippen LogP contribution is 2.42. The van der Waals surface area contributed by atoms with E-state index in [1.807, 2.05) is 0 Å². The summed E-state index contributed by atoms with van der Waals surface area (Å²) in [6.45, 7) is 3.22. The highest BCUT2D eigenvalue weighted by Gasteiger charge is 2.37. The Kier molecular flexibility index (Phi) is 7.69. The van der Waals surface area contributed by atoms with E-state index in [9.17, 15) is 19.6 Å². The molecule has 0 aromatic heterocycles. The number of rotatable bonds is 7. The Morgan fingerprint density at radius 1 is 1.15 bits per heavy atom. The zero-order valence-corrected chi connectivity index (χ0v) is 19.4. The molecule has 0 fully saturated rings. The quantitative estimate of drug-likeness (QED) is 0.579. The van der Waals surface area contributed by atoms with Crippen molar-refractivity contribution in [3.05, 3.63) is 75.3 Å². The second-order valence-corrected chi connectivity index (χ2v) is 8.82. The fourth-order valence-electron chi connectivity index (χ4n) is 3.64. The number of amides is 1. The fraction of sp³-hybridized carbons (Fsp3) is 0.208. The molecule has 2 aromatic carbocycles. The van der Waals surface area contributed by atoms with Gasteiger partial charge in [0.1, 0.15) is 10.8 Å². The van der Waals surface area contributed by atoms with Crippen LogP contribution in [0.25, 0.3) is 0 Å². The number of nitrogens with one attached hydrogen (secondary N) is 1. The number of anilines is 1. The topological polar surface area (TPSA) is 120 Å². The van der Waals surface area contributed by atoms with Crippen LogP contribution in [0.4, 0.5) is 5.69 Å². The van der Waals surface area contributed by atoms with Gasteiger partial charge in [-0.3, -0.25) is 9.59 Å². The smallest absolute Gasteiger partial charge is 0.335 e. The highest BCUT2D eigenvalue weighted by molar-refractivity contribution is 8.03. The molecule has 33 heavy (non-hydrogen) atoms. The number of nitriles is 1. The minimum absolute atomic E-state index is 0.0178. The molecule has 0 saturated carbocycles. The van der Waals surface area contributed by atoms with E-state index in [1.165, 1.54) is 31.2 Å². The maximum absolute atomic E-state index is 12.4. The van der Waals surface area contributed by atoms with Crippen molar-refractivity contribution in [2.75, 3.05) is 11.1 Å². The molecule has 0 saturated heterocycles. The fourth-order valence-corrected chi connectivity index (χ4v) is 4.65. The van der Waals surface area contributed by atoms with Gasteiger partial charge in [0, 0.05) is 22.3 Å². The molecule has 2 aromatic rings. The zero-order chi connectivity index (χ0) is 24.1. The summed E-state index contributed by atoms with van der Waals surface area (Å²) in [5.41, 5.74) is 2.25. The van der Waals surface area contributed by atoms with Gasteiger partial charge < -0.3 is 10.4 Å². The number of halogens is 1. The molecule has 0 spiro atoms. The van der Waals surface area contributed by atoms with E-state index in [1.54, 1.807) is 31.2 Å². The Labute approximate surface area is 200 Å². The molecular weight excluding hydrogens is 462 g/mol. The average Bonchev–Trinajstić information content (AvgIpc) is 2.77. The lowest BCUT2D eigenvalue weighted by atomic mass is 9.75. The maximum Gasteiger partial charge on any atom is 0.335 e. The lowest BCUT2D eigenvalue weighted by Gasteiger charge is -2.30. The van der Waals surface area contributed by atoms with Crippen molar-refractivity contribution >= 4 is 52.4 Å². The van der Waals surface area contributed by atoms with E-state index in [0.717, 1.165) is 17.3 Å². The number of aromatic carboxylic acids is 1. The minimum atomic E-state index is -1.05. The number of carbonyl (C=O) groups is 3. The maximum atomic E-state index is 12.4. The van der Waals surface area contributed by atoms with Crippen molar-refractivity contribution < 1.29 is 19.5 Å². The number of nitrogens with zero attached hydrogens (tertiary/aromatic N) is 2. The number of thioether (sulfide) groups is 1. The van der Waals surface area contributed by atoms with E-state index < -0.39 is 17.8 Å². The number of Topliss-reactive ketones (excluding diaryl/α,β-unsaturated/α-hetero) is 1. The summed E-state index contributed by atoms with van der Waals surface area (Å²) in [5, 5.41) is 22.5. The van der Waals surface area contributed by atoms with Gasteiger partial charge in [0.2, 0.25) is 5.91 Å². The molecule has 2 atom stereocenters. The summed E-state index contributed by atoms with van der Waals surface area (Å²) >= 11 is 7.12. The van der Waals surface area contributed by atoms with Gasteiger partial charge in [0.25, 0.3) is 0 Å². The normalized spacial score (nSPS) is 17.7. The van der Waals surface area contributed by atoms with Crippen molar-refractivity contribution in [3.8, 4) is 6.07 Å². The van der Waals surface area contributed by atoms with Gasteiger partial charge in [-0.25, -0.2) is 9.79 Å². The first-order valence-corrected chi connectivity index (χ1v) is 11.3. The Morgan fingerprint density at radius 2 is 1.79 bits per heavy atom.